The van der Waals surface area contributed by atoms with Crippen molar-refractivity contribution in [3.63, 3.8) is 0 Å². The Bertz CT molecular complexity index is 351. The second-order valence-electron chi connectivity index (χ2n) is 3.01. The molecule has 1 heterocycles. The number of hydrogen-bond acceptors (Lipinski definition) is 1. The van der Waals surface area contributed by atoms with Gasteiger partial charge >= 0.3 is 0 Å². The topological polar surface area (TPSA) is 41.8 Å². The number of nitrogens with one attached hydrogen (secondary N) is 1. The van der Waals surface area contributed by atoms with Gasteiger partial charge in [-0.15, -0.1) is 0 Å². The monoisotopic (exact) mass is 172 g/mol. The molecule has 2 nitrogen and oxygen atoms in total. The van der Waals surface area contributed by atoms with Crippen molar-refractivity contribution < 1.29 is 0 Å². The van der Waals surface area contributed by atoms with Crippen molar-refractivity contribution in [2.75, 3.05) is 0 Å². The second kappa shape index (κ2) is 3.46. The van der Waals surface area contributed by atoms with Crippen molar-refractivity contribution >= 4 is 0 Å². The molecule has 0 aliphatic heterocycles. The van der Waals surface area contributed by atoms with E-state index in [1.165, 1.54) is 0 Å². The fourth-order valence-corrected chi connectivity index (χ4v) is 1.38. The van der Waals surface area contributed by atoms with Crippen molar-refractivity contribution in [2.24, 2.45) is 5.73 Å². The van der Waals surface area contributed by atoms with Crippen LogP contribution in [0.4, 0.5) is 0 Å². The SMILES string of the molecule is NC(c1ccccc1)c1ccc[nH]1. The Morgan fingerprint density at radius 2 is 1.77 bits per heavy atom. The molecule has 1 aromatic heterocycles. The van der Waals surface area contributed by atoms with E-state index in [2.05, 4.69) is 4.98 Å². The Morgan fingerprint density at radius 1 is 1.00 bits per heavy atom. The maximum atomic E-state index is 6.03. The van der Waals surface area contributed by atoms with E-state index in [0.29, 0.717) is 0 Å². The molecule has 0 aliphatic carbocycles. The highest BCUT2D eigenvalue weighted by Crippen LogP contribution is 2.16. The molecule has 0 aliphatic rings. The van der Waals surface area contributed by atoms with Crippen LogP contribution in [0.15, 0.2) is 48.7 Å². The standard InChI is InChI=1S/C11H12N2/c12-11(10-7-4-8-13-10)9-5-2-1-3-6-9/h1-8,11,13H,12H2. The van der Waals surface area contributed by atoms with Gasteiger partial charge in [-0.05, 0) is 17.7 Å². The third kappa shape index (κ3) is 1.63. The maximum Gasteiger partial charge on any atom is 0.0704 e. The van der Waals surface area contributed by atoms with Crippen LogP contribution < -0.4 is 5.73 Å². The second-order valence-corrected chi connectivity index (χ2v) is 3.01. The fraction of sp³-hybridized carbons (Fsp3) is 0.0909. The highest BCUT2D eigenvalue weighted by molar-refractivity contribution is 5.26. The summed E-state index contributed by atoms with van der Waals surface area (Å²) in [7, 11) is 0. The van der Waals surface area contributed by atoms with E-state index in [1.807, 2.05) is 48.7 Å². The van der Waals surface area contributed by atoms with Crippen molar-refractivity contribution in [1.82, 2.24) is 4.98 Å². The molecule has 0 bridgehead atoms. The Labute approximate surface area is 77.4 Å². The summed E-state index contributed by atoms with van der Waals surface area (Å²) >= 11 is 0. The van der Waals surface area contributed by atoms with Crippen LogP contribution in [0.25, 0.3) is 0 Å². The van der Waals surface area contributed by atoms with Crippen LogP contribution in [0.5, 0.6) is 0 Å². The molecule has 0 radical (unpaired) electrons. The minimum absolute atomic E-state index is 0.0452. The van der Waals surface area contributed by atoms with Crippen molar-refractivity contribution in [3.05, 3.63) is 59.9 Å². The Balaban J connectivity index is 2.29. The molecule has 3 N–H and O–H groups in total. The van der Waals surface area contributed by atoms with Gasteiger partial charge < -0.3 is 10.7 Å². The van der Waals surface area contributed by atoms with Gasteiger partial charge in [-0.3, -0.25) is 0 Å². The van der Waals surface area contributed by atoms with E-state index in [9.17, 15) is 0 Å². The van der Waals surface area contributed by atoms with Crippen LogP contribution in [0.1, 0.15) is 17.3 Å². The summed E-state index contributed by atoms with van der Waals surface area (Å²) in [6.45, 7) is 0. The normalized spacial score (nSPS) is 12.7. The van der Waals surface area contributed by atoms with Crippen LogP contribution in [0.3, 0.4) is 0 Å². The highest BCUT2D eigenvalue weighted by Gasteiger charge is 2.07. The lowest BCUT2D eigenvalue weighted by molar-refractivity contribution is 0.839. The van der Waals surface area contributed by atoms with Gasteiger partial charge in [0.25, 0.3) is 0 Å². The van der Waals surface area contributed by atoms with E-state index in [4.69, 9.17) is 5.73 Å². The first-order valence-electron chi connectivity index (χ1n) is 4.32. The molecule has 1 aromatic carbocycles. The van der Waals surface area contributed by atoms with Gasteiger partial charge in [-0.2, -0.15) is 0 Å². The first-order valence-corrected chi connectivity index (χ1v) is 4.32. The molecule has 0 saturated carbocycles. The quantitative estimate of drug-likeness (QED) is 0.715. The zero-order chi connectivity index (χ0) is 9.10. The van der Waals surface area contributed by atoms with Crippen molar-refractivity contribution in [2.45, 2.75) is 6.04 Å². The molecular formula is C11H12N2. The molecule has 0 saturated heterocycles. The summed E-state index contributed by atoms with van der Waals surface area (Å²) in [5.41, 5.74) is 8.21. The third-order valence-electron chi connectivity index (χ3n) is 2.12. The van der Waals surface area contributed by atoms with Gasteiger partial charge in [0, 0.05) is 11.9 Å². The smallest absolute Gasteiger partial charge is 0.0704 e. The van der Waals surface area contributed by atoms with Gasteiger partial charge in [-0.25, -0.2) is 0 Å². The molecule has 66 valence electrons. The molecule has 2 aromatic rings. The van der Waals surface area contributed by atoms with Gasteiger partial charge in [0.15, 0.2) is 0 Å². The highest BCUT2D eigenvalue weighted by atomic mass is 14.8. The van der Waals surface area contributed by atoms with Gasteiger partial charge in [0.2, 0.25) is 0 Å². The first-order chi connectivity index (χ1) is 6.38. The average Bonchev–Trinajstić information content (AvgIpc) is 2.71. The number of benzene rings is 1. The summed E-state index contributed by atoms with van der Waals surface area (Å²) in [6, 6.07) is 14.0. The summed E-state index contributed by atoms with van der Waals surface area (Å²) in [4.78, 5) is 3.11. The predicted octanol–water partition coefficient (Wildman–Crippen LogP) is 2.06. The average molecular weight is 172 g/mol. The summed E-state index contributed by atoms with van der Waals surface area (Å²) in [5, 5.41) is 0. The minimum Gasteiger partial charge on any atom is -0.363 e. The maximum absolute atomic E-state index is 6.03. The lowest BCUT2D eigenvalue weighted by Crippen LogP contribution is -2.11. The number of hydrogen-bond donors (Lipinski definition) is 2. The van der Waals surface area contributed by atoms with Crippen LogP contribution in [-0.2, 0) is 0 Å². The molecular weight excluding hydrogens is 160 g/mol. The van der Waals surface area contributed by atoms with E-state index in [-0.39, 0.29) is 6.04 Å². The van der Waals surface area contributed by atoms with Crippen LogP contribution in [-0.4, -0.2) is 4.98 Å². The van der Waals surface area contributed by atoms with E-state index in [1.54, 1.807) is 0 Å². The summed E-state index contributed by atoms with van der Waals surface area (Å²) in [6.07, 6.45) is 1.89. The molecule has 13 heavy (non-hydrogen) atoms. The molecule has 2 rings (SSSR count). The van der Waals surface area contributed by atoms with Crippen LogP contribution >= 0.6 is 0 Å². The molecule has 0 fully saturated rings. The molecule has 1 unspecified atom stereocenters. The number of H-pyrrole nitrogens is 1. The van der Waals surface area contributed by atoms with Crippen molar-refractivity contribution in [3.8, 4) is 0 Å². The predicted molar refractivity (Wildman–Crippen MR) is 53.3 cm³/mol. The van der Waals surface area contributed by atoms with Crippen LogP contribution in [0, 0.1) is 0 Å². The number of aromatic amines is 1. The Kier molecular flexibility index (Phi) is 2.15. The number of aromatic nitrogens is 1. The summed E-state index contributed by atoms with van der Waals surface area (Å²) < 4.78 is 0. The van der Waals surface area contributed by atoms with Gasteiger partial charge in [-0.1, -0.05) is 30.3 Å². The number of rotatable bonds is 2. The zero-order valence-electron chi connectivity index (χ0n) is 7.27. The molecule has 0 amide bonds. The largest absolute Gasteiger partial charge is 0.363 e. The minimum atomic E-state index is -0.0452. The molecule has 1 atom stereocenters. The Morgan fingerprint density at radius 3 is 2.38 bits per heavy atom. The third-order valence-corrected chi connectivity index (χ3v) is 2.12. The number of nitrogens with two attached hydrogens (primary N) is 1. The lowest BCUT2D eigenvalue weighted by atomic mass is 10.1. The van der Waals surface area contributed by atoms with E-state index >= 15 is 0 Å². The Hall–Kier alpha value is -1.54. The molecule has 0 spiro atoms. The van der Waals surface area contributed by atoms with E-state index < -0.39 is 0 Å². The lowest BCUT2D eigenvalue weighted by Gasteiger charge is -2.09. The van der Waals surface area contributed by atoms with Gasteiger partial charge in [0.1, 0.15) is 0 Å². The zero-order valence-corrected chi connectivity index (χ0v) is 7.27. The first kappa shape index (κ1) is 8.08. The van der Waals surface area contributed by atoms with Crippen molar-refractivity contribution in [1.29, 1.82) is 0 Å². The fourth-order valence-electron chi connectivity index (χ4n) is 1.38. The van der Waals surface area contributed by atoms with Crippen LogP contribution in [0.2, 0.25) is 0 Å². The van der Waals surface area contributed by atoms with Gasteiger partial charge in [0.05, 0.1) is 6.04 Å². The molecule has 2 heteroatoms. The van der Waals surface area contributed by atoms with E-state index in [0.717, 1.165) is 11.3 Å². The summed E-state index contributed by atoms with van der Waals surface area (Å²) in [5.74, 6) is 0.